The fourth-order valence-electron chi connectivity index (χ4n) is 3.94. The lowest BCUT2D eigenvalue weighted by Gasteiger charge is -2.32. The maximum Gasteiger partial charge on any atom is 0.320 e. The number of aliphatic carboxylic acids is 1. The maximum atomic E-state index is 15.0. The molecule has 0 amide bonds. The van der Waals surface area contributed by atoms with Crippen molar-refractivity contribution in [3.63, 3.8) is 0 Å². The minimum Gasteiger partial charge on any atom is -0.490 e. The Labute approximate surface area is 239 Å². The number of piperidine rings is 1. The van der Waals surface area contributed by atoms with Gasteiger partial charge < -0.3 is 20.5 Å². The van der Waals surface area contributed by atoms with E-state index < -0.39 is 34.1 Å². The number of nitrogen functional groups attached to an aromatic ring is 1. The van der Waals surface area contributed by atoms with Crippen molar-refractivity contribution in [2.75, 3.05) is 29.7 Å². The van der Waals surface area contributed by atoms with Crippen LogP contribution in [-0.4, -0.2) is 67.6 Å². The monoisotopic (exact) mass is 603 g/mol. The Kier molecular flexibility index (Phi) is 12.7. The summed E-state index contributed by atoms with van der Waals surface area (Å²) in [5.74, 6) is -2.78. The lowest BCUT2D eigenvalue weighted by molar-refractivity contribution is -0.134. The number of amidine groups is 2. The Morgan fingerprint density at radius 3 is 2.33 bits per heavy atom. The van der Waals surface area contributed by atoms with E-state index in [0.29, 0.717) is 40.1 Å². The number of anilines is 1. The molecule has 0 atom stereocenters. The summed E-state index contributed by atoms with van der Waals surface area (Å²) in [6.07, 6.45) is 2.52. The number of nitrogens with zero attached hydrogens (tertiary/aromatic N) is 2. The fourth-order valence-corrected chi connectivity index (χ4v) is 5.17. The molecule has 39 heavy (non-hydrogen) atoms. The topological polar surface area (TPSA) is 161 Å². The molecule has 1 saturated heterocycles. The van der Waals surface area contributed by atoms with Crippen molar-refractivity contribution < 1.29 is 27.4 Å². The number of benzene rings is 2. The summed E-state index contributed by atoms with van der Waals surface area (Å²) in [4.78, 5) is 13.2. The summed E-state index contributed by atoms with van der Waals surface area (Å²) in [5, 5.41) is 24.3. The van der Waals surface area contributed by atoms with Crippen LogP contribution in [0.2, 0.25) is 0 Å². The van der Waals surface area contributed by atoms with E-state index >= 15 is 0 Å². The number of hydrogen-bond donors (Lipinski definition) is 4. The van der Waals surface area contributed by atoms with E-state index in [1.165, 1.54) is 18.2 Å². The molecule has 0 aliphatic carbocycles. The summed E-state index contributed by atoms with van der Waals surface area (Å²) >= 11 is 0. The average Bonchev–Trinajstić information content (AvgIpc) is 2.83. The Hall–Kier alpha value is -3.35. The Balaban J connectivity index is 0.00000380. The number of sulfonamides is 1. The first-order chi connectivity index (χ1) is 17.4. The molecule has 0 saturated carbocycles. The highest BCUT2D eigenvalue weighted by atomic mass is 35.5. The van der Waals surface area contributed by atoms with Crippen LogP contribution in [0.1, 0.15) is 30.9 Å². The number of carbonyl (C=O) groups is 1. The van der Waals surface area contributed by atoms with Gasteiger partial charge in [-0.15, -0.1) is 24.8 Å². The third-order valence-corrected chi connectivity index (χ3v) is 7.42. The molecule has 2 aromatic rings. The smallest absolute Gasteiger partial charge is 0.320 e. The van der Waals surface area contributed by atoms with Crippen LogP contribution in [-0.2, 0) is 14.8 Å². The van der Waals surface area contributed by atoms with Gasteiger partial charge in [0, 0.05) is 31.5 Å². The predicted octanol–water partition coefficient (Wildman–Crippen LogP) is 3.89. The van der Waals surface area contributed by atoms with Gasteiger partial charge in [0.2, 0.25) is 10.0 Å². The molecule has 214 valence electrons. The highest BCUT2D eigenvalue weighted by molar-refractivity contribution is 7.93. The highest BCUT2D eigenvalue weighted by Gasteiger charge is 2.27. The lowest BCUT2D eigenvalue weighted by Crippen LogP contribution is -2.40. The number of nitrogens with two attached hydrogens (primary N) is 1. The van der Waals surface area contributed by atoms with Gasteiger partial charge in [-0.25, -0.2) is 12.8 Å². The largest absolute Gasteiger partial charge is 0.490 e. The van der Waals surface area contributed by atoms with Gasteiger partial charge in [0.25, 0.3) is 0 Å². The molecule has 0 radical (unpaired) electrons. The summed E-state index contributed by atoms with van der Waals surface area (Å²) in [6.45, 7) is 2.44. The van der Waals surface area contributed by atoms with Crippen LogP contribution < -0.4 is 14.8 Å². The van der Waals surface area contributed by atoms with Crippen LogP contribution in [0, 0.1) is 10.8 Å². The molecule has 0 bridgehead atoms. The minimum atomic E-state index is -4.41. The van der Waals surface area contributed by atoms with E-state index in [1.54, 1.807) is 37.3 Å². The number of rotatable bonds is 10. The van der Waals surface area contributed by atoms with Gasteiger partial charge >= 0.3 is 5.97 Å². The van der Waals surface area contributed by atoms with E-state index in [0.717, 1.165) is 18.9 Å². The Bertz CT molecular complexity index is 1300. The number of carboxylic acids is 1. The van der Waals surface area contributed by atoms with Crippen LogP contribution in [0.3, 0.4) is 0 Å². The number of likely N-dealkylation sites (tertiary alicyclic amines) is 1. The second-order valence-corrected chi connectivity index (χ2v) is 10.6. The summed E-state index contributed by atoms with van der Waals surface area (Å²) in [5.41, 5.74) is 6.30. The molecule has 1 aliphatic heterocycles. The van der Waals surface area contributed by atoms with Crippen molar-refractivity contribution in [2.24, 2.45) is 5.73 Å². The summed E-state index contributed by atoms with van der Waals surface area (Å²) in [7, 11) is -4.41. The van der Waals surface area contributed by atoms with Crippen molar-refractivity contribution in [1.82, 2.24) is 4.90 Å². The minimum absolute atomic E-state index is 0. The van der Waals surface area contributed by atoms with Gasteiger partial charge in [-0.1, -0.05) is 18.2 Å². The molecule has 14 heteroatoms. The zero-order valence-electron chi connectivity index (χ0n) is 21.2. The van der Waals surface area contributed by atoms with Gasteiger partial charge in [0.1, 0.15) is 23.5 Å². The zero-order chi connectivity index (χ0) is 27.2. The number of carboxylic acid groups (broad SMARTS) is 1. The first-order valence-electron chi connectivity index (χ1n) is 11.5. The molecule has 5 N–H and O–H groups in total. The van der Waals surface area contributed by atoms with E-state index in [9.17, 15) is 17.6 Å². The van der Waals surface area contributed by atoms with Crippen LogP contribution in [0.25, 0.3) is 6.08 Å². The van der Waals surface area contributed by atoms with E-state index in [1.807, 2.05) is 4.90 Å². The van der Waals surface area contributed by atoms with Gasteiger partial charge in [-0.05, 0) is 48.9 Å². The molecule has 2 aromatic carbocycles. The fraction of sp³-hybridized carbons (Fsp3) is 0.320. The normalized spacial score (nSPS) is 14.0. The van der Waals surface area contributed by atoms with Crippen molar-refractivity contribution in [2.45, 2.75) is 25.9 Å². The maximum absolute atomic E-state index is 15.0. The van der Waals surface area contributed by atoms with Crippen LogP contribution in [0.5, 0.6) is 5.75 Å². The quantitative estimate of drug-likeness (QED) is 0.236. The van der Waals surface area contributed by atoms with Crippen molar-refractivity contribution in [1.29, 1.82) is 10.8 Å². The van der Waals surface area contributed by atoms with E-state index in [-0.39, 0.29) is 42.4 Å². The molecule has 1 heterocycles. The Morgan fingerprint density at radius 1 is 1.18 bits per heavy atom. The van der Waals surface area contributed by atoms with Crippen molar-refractivity contribution >= 4 is 64.2 Å². The second kappa shape index (κ2) is 14.7. The molecule has 1 aliphatic rings. The molecular weight excluding hydrogens is 572 g/mol. The van der Waals surface area contributed by atoms with Crippen molar-refractivity contribution in [3.05, 3.63) is 65.5 Å². The molecule has 3 rings (SSSR count). The zero-order valence-corrected chi connectivity index (χ0v) is 23.6. The molecule has 0 unspecified atom stereocenters. The molecular formula is C25H32Cl2FN5O5S. The lowest BCUT2D eigenvalue weighted by atomic mass is 10.1. The number of halogens is 3. The van der Waals surface area contributed by atoms with Crippen LogP contribution in [0.15, 0.2) is 54.4 Å². The first kappa shape index (κ1) is 33.7. The molecule has 0 aromatic heterocycles. The molecule has 1 fully saturated rings. The highest BCUT2D eigenvalue weighted by Crippen LogP contribution is 2.26. The second-order valence-electron chi connectivity index (χ2n) is 8.67. The van der Waals surface area contributed by atoms with Gasteiger partial charge in [0.15, 0.2) is 5.75 Å². The molecule has 10 nitrogen and oxygen atoms in total. The number of nitrogens with one attached hydrogen (secondary N) is 2. The Morgan fingerprint density at radius 2 is 1.79 bits per heavy atom. The van der Waals surface area contributed by atoms with E-state index in [2.05, 4.69) is 0 Å². The molecule has 0 spiro atoms. The van der Waals surface area contributed by atoms with Crippen LogP contribution in [0.4, 0.5) is 10.1 Å². The van der Waals surface area contributed by atoms with Crippen molar-refractivity contribution in [3.8, 4) is 5.75 Å². The summed E-state index contributed by atoms with van der Waals surface area (Å²) in [6, 6.07) is 12.2. The third kappa shape index (κ3) is 9.72. The average molecular weight is 605 g/mol. The summed E-state index contributed by atoms with van der Waals surface area (Å²) < 4.78 is 47.3. The third-order valence-electron chi connectivity index (χ3n) is 5.80. The standard InChI is InChI=1S/C25H30FN5O5S.2ClH/c1-17(27)30-11-9-23(10-12-30)36-22-7-5-21(6-8-22)31(37(34,35)16-24(32)33)15-20(26)14-18-3-2-4-19(13-18)25(28)29;;/h2-8,13-14,23,27H,9-12,15-16H2,1H3,(H3,28,29)(H,32,33);2*1H/b20-14-,27-17?;;. The number of ether oxygens (including phenoxy) is 1. The van der Waals surface area contributed by atoms with Gasteiger partial charge in [-0.3, -0.25) is 19.9 Å². The first-order valence-corrected chi connectivity index (χ1v) is 13.1. The van der Waals surface area contributed by atoms with Gasteiger partial charge in [0.05, 0.1) is 18.1 Å². The predicted molar refractivity (Wildman–Crippen MR) is 155 cm³/mol. The van der Waals surface area contributed by atoms with Crippen LogP contribution >= 0.6 is 24.8 Å². The van der Waals surface area contributed by atoms with E-state index in [4.69, 9.17) is 26.4 Å². The van der Waals surface area contributed by atoms with Gasteiger partial charge in [-0.2, -0.15) is 0 Å². The number of hydrogen-bond acceptors (Lipinski definition) is 6. The SMILES string of the molecule is CC(=N)N1CCC(Oc2ccc(N(C/C(F)=C/c3cccc(C(=N)N)c3)S(=O)(=O)CC(=O)O)cc2)CC1.Cl.Cl.